The number of alkyl halides is 1. The zero-order chi connectivity index (χ0) is 12.7. The molecular formula is C13H24FNO2. The van der Waals surface area contributed by atoms with E-state index >= 15 is 0 Å². The number of unbranched alkanes of at least 4 members (excludes halogenated alkanes) is 1. The molecule has 0 aromatic rings. The Morgan fingerprint density at radius 2 is 2.06 bits per heavy atom. The van der Waals surface area contributed by atoms with E-state index in [1.54, 1.807) is 0 Å². The van der Waals surface area contributed by atoms with E-state index in [4.69, 9.17) is 5.11 Å². The van der Waals surface area contributed by atoms with E-state index in [1.165, 1.54) is 0 Å². The molecule has 0 saturated carbocycles. The molecule has 100 valence electrons. The maximum Gasteiger partial charge on any atom is 0.306 e. The summed E-state index contributed by atoms with van der Waals surface area (Å²) >= 11 is 0. The van der Waals surface area contributed by atoms with Gasteiger partial charge in [0.2, 0.25) is 0 Å². The van der Waals surface area contributed by atoms with Gasteiger partial charge in [0.25, 0.3) is 0 Å². The summed E-state index contributed by atoms with van der Waals surface area (Å²) in [6, 6.07) is 0. The van der Waals surface area contributed by atoms with Gasteiger partial charge in [0, 0.05) is 13.1 Å². The van der Waals surface area contributed by atoms with Gasteiger partial charge in [-0.1, -0.05) is 19.8 Å². The summed E-state index contributed by atoms with van der Waals surface area (Å²) < 4.78 is 12.9. The van der Waals surface area contributed by atoms with Gasteiger partial charge in [-0.3, -0.25) is 4.79 Å². The van der Waals surface area contributed by atoms with Crippen LogP contribution in [0.4, 0.5) is 4.39 Å². The third kappa shape index (κ3) is 5.48. The molecule has 0 spiro atoms. The third-order valence-electron chi connectivity index (χ3n) is 3.57. The molecule has 1 N–H and O–H groups in total. The monoisotopic (exact) mass is 245 g/mol. The van der Waals surface area contributed by atoms with Gasteiger partial charge < -0.3 is 10.0 Å². The molecule has 1 saturated heterocycles. The van der Waals surface area contributed by atoms with Crippen molar-refractivity contribution in [1.29, 1.82) is 0 Å². The lowest BCUT2D eigenvalue weighted by atomic mass is 9.98. The van der Waals surface area contributed by atoms with Crippen LogP contribution >= 0.6 is 0 Å². The Morgan fingerprint density at radius 3 is 2.59 bits per heavy atom. The van der Waals surface area contributed by atoms with Gasteiger partial charge >= 0.3 is 5.97 Å². The van der Waals surface area contributed by atoms with E-state index in [1.807, 2.05) is 0 Å². The molecule has 1 rings (SSSR count). The first-order valence-electron chi connectivity index (χ1n) is 6.72. The van der Waals surface area contributed by atoms with Crippen LogP contribution in [0.25, 0.3) is 0 Å². The molecule has 1 aliphatic heterocycles. The van der Waals surface area contributed by atoms with Crippen molar-refractivity contribution >= 4 is 5.97 Å². The highest BCUT2D eigenvalue weighted by atomic mass is 19.1. The summed E-state index contributed by atoms with van der Waals surface area (Å²) in [7, 11) is 0. The highest BCUT2D eigenvalue weighted by Crippen LogP contribution is 2.17. The van der Waals surface area contributed by atoms with Crippen LogP contribution in [0.2, 0.25) is 0 Å². The standard InChI is InChI=1S/C13H24FNO2/c1-2-3-4-11(13(16)17)5-8-15-9-6-12(14)7-10-15/h11-12H,2-10H2,1H3,(H,16,17). The quantitative estimate of drug-likeness (QED) is 0.749. The van der Waals surface area contributed by atoms with Gasteiger partial charge in [0.05, 0.1) is 5.92 Å². The number of likely N-dealkylation sites (tertiary alicyclic amines) is 1. The normalized spacial score (nSPS) is 20.4. The van der Waals surface area contributed by atoms with Gasteiger partial charge in [-0.05, 0) is 32.2 Å². The molecule has 0 aliphatic carbocycles. The summed E-state index contributed by atoms with van der Waals surface area (Å²) in [6.45, 7) is 4.43. The van der Waals surface area contributed by atoms with Gasteiger partial charge in [-0.15, -0.1) is 0 Å². The molecule has 4 heteroatoms. The topological polar surface area (TPSA) is 40.5 Å². The first-order valence-corrected chi connectivity index (χ1v) is 6.72. The van der Waals surface area contributed by atoms with Crippen LogP contribution in [0, 0.1) is 5.92 Å². The van der Waals surface area contributed by atoms with Crippen molar-refractivity contribution in [3.8, 4) is 0 Å². The van der Waals surface area contributed by atoms with Crippen LogP contribution < -0.4 is 0 Å². The first kappa shape index (κ1) is 14.4. The summed E-state index contributed by atoms with van der Waals surface area (Å²) in [5.74, 6) is -0.906. The van der Waals surface area contributed by atoms with E-state index in [-0.39, 0.29) is 5.92 Å². The van der Waals surface area contributed by atoms with E-state index in [2.05, 4.69) is 11.8 Å². The minimum Gasteiger partial charge on any atom is -0.481 e. The number of hydrogen-bond donors (Lipinski definition) is 1. The lowest BCUT2D eigenvalue weighted by molar-refractivity contribution is -0.142. The van der Waals surface area contributed by atoms with Crippen molar-refractivity contribution in [3.05, 3.63) is 0 Å². The largest absolute Gasteiger partial charge is 0.481 e. The Bertz CT molecular complexity index is 227. The van der Waals surface area contributed by atoms with E-state index in [0.29, 0.717) is 19.3 Å². The molecular weight excluding hydrogens is 221 g/mol. The second-order valence-corrected chi connectivity index (χ2v) is 4.98. The van der Waals surface area contributed by atoms with Crippen LogP contribution in [-0.4, -0.2) is 41.8 Å². The van der Waals surface area contributed by atoms with Gasteiger partial charge in [-0.25, -0.2) is 4.39 Å². The Labute approximate surface area is 103 Å². The highest BCUT2D eigenvalue weighted by molar-refractivity contribution is 5.69. The average Bonchev–Trinajstić information content (AvgIpc) is 2.31. The minimum atomic E-state index is -0.682. The number of halogens is 1. The predicted molar refractivity (Wildman–Crippen MR) is 65.8 cm³/mol. The Morgan fingerprint density at radius 1 is 1.41 bits per heavy atom. The average molecular weight is 245 g/mol. The minimum absolute atomic E-state index is 0.224. The zero-order valence-electron chi connectivity index (χ0n) is 10.7. The van der Waals surface area contributed by atoms with Gasteiger partial charge in [-0.2, -0.15) is 0 Å². The number of nitrogens with zero attached hydrogens (tertiary/aromatic N) is 1. The maximum absolute atomic E-state index is 12.9. The smallest absolute Gasteiger partial charge is 0.306 e. The molecule has 1 atom stereocenters. The van der Waals surface area contributed by atoms with Crippen LogP contribution in [0.1, 0.15) is 45.4 Å². The van der Waals surface area contributed by atoms with Crippen molar-refractivity contribution in [2.45, 2.75) is 51.6 Å². The van der Waals surface area contributed by atoms with Crippen molar-refractivity contribution in [3.63, 3.8) is 0 Å². The SMILES string of the molecule is CCCCC(CCN1CCC(F)CC1)C(=O)O. The fourth-order valence-corrected chi connectivity index (χ4v) is 2.31. The number of aliphatic carboxylic acids is 1. The summed E-state index contributed by atoms with van der Waals surface area (Å²) in [6.07, 6.45) is 4.04. The molecule has 0 amide bonds. The zero-order valence-corrected chi connectivity index (χ0v) is 10.7. The van der Waals surface area contributed by atoms with Crippen molar-refractivity contribution in [2.24, 2.45) is 5.92 Å². The molecule has 1 unspecified atom stereocenters. The number of carboxylic acid groups (broad SMARTS) is 1. The first-order chi connectivity index (χ1) is 8.13. The molecule has 1 heterocycles. The fraction of sp³-hybridized carbons (Fsp3) is 0.923. The molecule has 0 bridgehead atoms. The Kier molecular flexibility index (Phi) is 6.48. The number of carbonyl (C=O) groups is 1. The molecule has 17 heavy (non-hydrogen) atoms. The molecule has 0 aromatic heterocycles. The highest BCUT2D eigenvalue weighted by Gasteiger charge is 2.21. The number of carboxylic acids is 1. The van der Waals surface area contributed by atoms with Gasteiger partial charge in [0.15, 0.2) is 0 Å². The van der Waals surface area contributed by atoms with Crippen LogP contribution in [0.3, 0.4) is 0 Å². The Hall–Kier alpha value is -0.640. The second-order valence-electron chi connectivity index (χ2n) is 4.98. The Balaban J connectivity index is 2.23. The van der Waals surface area contributed by atoms with Crippen molar-refractivity contribution in [2.75, 3.05) is 19.6 Å². The van der Waals surface area contributed by atoms with Crippen LogP contribution in [0.5, 0.6) is 0 Å². The van der Waals surface area contributed by atoms with Crippen molar-refractivity contribution < 1.29 is 14.3 Å². The third-order valence-corrected chi connectivity index (χ3v) is 3.57. The lowest BCUT2D eigenvalue weighted by Gasteiger charge is -2.29. The van der Waals surface area contributed by atoms with E-state index < -0.39 is 12.1 Å². The molecule has 0 aromatic carbocycles. The molecule has 1 aliphatic rings. The molecule has 1 fully saturated rings. The molecule has 0 radical (unpaired) electrons. The predicted octanol–water partition coefficient (Wildman–Crippen LogP) is 2.70. The summed E-state index contributed by atoms with van der Waals surface area (Å²) in [5.41, 5.74) is 0. The van der Waals surface area contributed by atoms with Crippen molar-refractivity contribution in [1.82, 2.24) is 4.90 Å². The fourth-order valence-electron chi connectivity index (χ4n) is 2.31. The number of hydrogen-bond acceptors (Lipinski definition) is 2. The maximum atomic E-state index is 12.9. The lowest BCUT2D eigenvalue weighted by Crippen LogP contribution is -2.36. The summed E-state index contributed by atoms with van der Waals surface area (Å²) in [4.78, 5) is 13.2. The molecule has 3 nitrogen and oxygen atoms in total. The number of piperidine rings is 1. The van der Waals surface area contributed by atoms with E-state index in [9.17, 15) is 9.18 Å². The second kappa shape index (κ2) is 7.64. The van der Waals surface area contributed by atoms with Crippen LogP contribution in [-0.2, 0) is 4.79 Å². The van der Waals surface area contributed by atoms with E-state index in [0.717, 1.165) is 38.9 Å². The van der Waals surface area contributed by atoms with Gasteiger partial charge in [0.1, 0.15) is 6.17 Å². The number of rotatable bonds is 7. The van der Waals surface area contributed by atoms with Crippen LogP contribution in [0.15, 0.2) is 0 Å². The summed E-state index contributed by atoms with van der Waals surface area (Å²) in [5, 5.41) is 9.09.